The summed E-state index contributed by atoms with van der Waals surface area (Å²) in [4.78, 5) is 0. The second-order valence-corrected chi connectivity index (χ2v) is 3.36. The molecule has 1 nitrogen and oxygen atoms in total. The predicted octanol–water partition coefficient (Wildman–Crippen LogP) is 2.39. The van der Waals surface area contributed by atoms with Crippen LogP contribution < -0.4 is 0 Å². The highest BCUT2D eigenvalue weighted by Crippen LogP contribution is 2.30. The van der Waals surface area contributed by atoms with Crippen molar-refractivity contribution >= 4 is 11.6 Å². The van der Waals surface area contributed by atoms with Crippen LogP contribution in [0.25, 0.3) is 0 Å². The second-order valence-electron chi connectivity index (χ2n) is 2.74. The Morgan fingerprint density at radius 1 is 1.60 bits per heavy atom. The predicted molar refractivity (Wildman–Crippen MR) is 43.2 cm³/mol. The van der Waals surface area contributed by atoms with E-state index in [0.717, 1.165) is 19.3 Å². The number of hydrogen-bond acceptors (Lipinski definition) is 1. The Hall–Kier alpha value is 0.250. The smallest absolute Gasteiger partial charge is 0.0855 e. The molecule has 1 aliphatic heterocycles. The van der Waals surface area contributed by atoms with Crippen LogP contribution in [0.5, 0.6) is 0 Å². The molecule has 1 rings (SSSR count). The zero-order valence-electron chi connectivity index (χ0n) is 6.35. The van der Waals surface area contributed by atoms with Crippen molar-refractivity contribution in [1.29, 1.82) is 0 Å². The van der Waals surface area contributed by atoms with Crippen molar-refractivity contribution in [2.45, 2.75) is 43.8 Å². The Labute approximate surface area is 67.7 Å². The third-order valence-electron chi connectivity index (χ3n) is 1.89. The summed E-state index contributed by atoms with van der Waals surface area (Å²) < 4.78 is 5.33. The normalized spacial score (nSPS) is 33.9. The van der Waals surface area contributed by atoms with Crippen LogP contribution >= 0.6 is 11.6 Å². The molecule has 10 heavy (non-hydrogen) atoms. The molecule has 1 heterocycles. The Balaban J connectivity index is 2.05. The van der Waals surface area contributed by atoms with Gasteiger partial charge in [-0.15, -0.1) is 11.6 Å². The number of epoxide rings is 1. The number of alkyl halides is 1. The molecule has 0 aromatic rings. The molecule has 0 spiro atoms. The fourth-order valence-electron chi connectivity index (χ4n) is 1.12. The van der Waals surface area contributed by atoms with Crippen molar-refractivity contribution < 1.29 is 4.74 Å². The average molecular weight is 162 g/mol. The summed E-state index contributed by atoms with van der Waals surface area (Å²) in [6.45, 7) is 5.87. The molecule has 0 N–H and O–H groups in total. The molecular formula is C8H14ClO. The van der Waals surface area contributed by atoms with Gasteiger partial charge in [-0.1, -0.05) is 13.8 Å². The Bertz CT molecular complexity index is 105. The van der Waals surface area contributed by atoms with Gasteiger partial charge in [-0.3, -0.25) is 0 Å². The molecule has 0 aliphatic carbocycles. The summed E-state index contributed by atoms with van der Waals surface area (Å²) in [7, 11) is 0. The van der Waals surface area contributed by atoms with Gasteiger partial charge in [0, 0.05) is 5.38 Å². The van der Waals surface area contributed by atoms with E-state index < -0.39 is 0 Å². The molecule has 3 unspecified atom stereocenters. The monoisotopic (exact) mass is 161 g/mol. The first kappa shape index (κ1) is 8.35. The molecule has 3 atom stereocenters. The molecule has 0 aromatic carbocycles. The van der Waals surface area contributed by atoms with Gasteiger partial charge < -0.3 is 4.74 Å². The summed E-state index contributed by atoms with van der Waals surface area (Å²) >= 11 is 5.88. The molecule has 59 valence electrons. The SMILES string of the molecule is [CH2]CC(Cl)CC1OC1CC. The number of hydrogen-bond donors (Lipinski definition) is 0. The van der Waals surface area contributed by atoms with Crippen LogP contribution in [0.3, 0.4) is 0 Å². The third-order valence-corrected chi connectivity index (χ3v) is 2.29. The minimum Gasteiger partial charge on any atom is -0.370 e. The minimum atomic E-state index is 0.210. The van der Waals surface area contributed by atoms with E-state index >= 15 is 0 Å². The van der Waals surface area contributed by atoms with Crippen molar-refractivity contribution in [2.75, 3.05) is 0 Å². The summed E-state index contributed by atoms with van der Waals surface area (Å²) in [5.41, 5.74) is 0. The topological polar surface area (TPSA) is 12.5 Å². The summed E-state index contributed by atoms with van der Waals surface area (Å²) in [6, 6.07) is 0. The van der Waals surface area contributed by atoms with Gasteiger partial charge >= 0.3 is 0 Å². The third kappa shape index (κ3) is 2.14. The van der Waals surface area contributed by atoms with E-state index in [2.05, 4.69) is 13.8 Å². The van der Waals surface area contributed by atoms with E-state index in [4.69, 9.17) is 16.3 Å². The first-order valence-corrected chi connectivity index (χ1v) is 4.30. The minimum absolute atomic E-state index is 0.210. The first-order valence-electron chi connectivity index (χ1n) is 3.86. The lowest BCUT2D eigenvalue weighted by molar-refractivity contribution is 0.358. The van der Waals surface area contributed by atoms with Crippen molar-refractivity contribution in [3.63, 3.8) is 0 Å². The van der Waals surface area contributed by atoms with Crippen LogP contribution in [0.1, 0.15) is 26.2 Å². The molecule has 1 radical (unpaired) electrons. The second kappa shape index (κ2) is 3.59. The van der Waals surface area contributed by atoms with Crippen molar-refractivity contribution in [3.8, 4) is 0 Å². The molecule has 1 aliphatic rings. The van der Waals surface area contributed by atoms with Gasteiger partial charge in [-0.05, 0) is 19.3 Å². The highest BCUT2D eigenvalue weighted by atomic mass is 35.5. The Morgan fingerprint density at radius 3 is 2.70 bits per heavy atom. The summed E-state index contributed by atoms with van der Waals surface area (Å²) in [6.07, 6.45) is 3.83. The number of halogens is 1. The van der Waals surface area contributed by atoms with Gasteiger partial charge in [-0.2, -0.15) is 0 Å². The lowest BCUT2D eigenvalue weighted by atomic mass is 10.1. The molecule has 0 bridgehead atoms. The largest absolute Gasteiger partial charge is 0.370 e. The van der Waals surface area contributed by atoms with Crippen LogP contribution in [0.2, 0.25) is 0 Å². The van der Waals surface area contributed by atoms with E-state index in [0.29, 0.717) is 12.2 Å². The average Bonchev–Trinajstić information content (AvgIpc) is 2.67. The van der Waals surface area contributed by atoms with E-state index in [-0.39, 0.29) is 5.38 Å². The van der Waals surface area contributed by atoms with Gasteiger partial charge in [-0.25, -0.2) is 0 Å². The molecule has 0 saturated carbocycles. The van der Waals surface area contributed by atoms with Gasteiger partial charge in [0.2, 0.25) is 0 Å². The van der Waals surface area contributed by atoms with Gasteiger partial charge in [0.1, 0.15) is 0 Å². The molecule has 1 saturated heterocycles. The fraction of sp³-hybridized carbons (Fsp3) is 0.875. The lowest BCUT2D eigenvalue weighted by Gasteiger charge is -2.00. The van der Waals surface area contributed by atoms with Crippen LogP contribution in [0.15, 0.2) is 0 Å². The quantitative estimate of drug-likeness (QED) is 0.456. The maximum atomic E-state index is 5.88. The Kier molecular flexibility index (Phi) is 2.99. The molecule has 0 amide bonds. The maximum Gasteiger partial charge on any atom is 0.0855 e. The molecular weight excluding hydrogens is 148 g/mol. The van der Waals surface area contributed by atoms with Gasteiger partial charge in [0.15, 0.2) is 0 Å². The van der Waals surface area contributed by atoms with Crippen molar-refractivity contribution in [1.82, 2.24) is 0 Å². The van der Waals surface area contributed by atoms with E-state index in [9.17, 15) is 0 Å². The summed E-state index contributed by atoms with van der Waals surface area (Å²) in [5, 5.41) is 0.210. The molecule has 1 fully saturated rings. The highest BCUT2D eigenvalue weighted by molar-refractivity contribution is 6.20. The first-order chi connectivity index (χ1) is 4.77. The highest BCUT2D eigenvalue weighted by Gasteiger charge is 2.37. The lowest BCUT2D eigenvalue weighted by Crippen LogP contribution is -2.03. The van der Waals surface area contributed by atoms with Gasteiger partial charge in [0.25, 0.3) is 0 Å². The number of rotatable bonds is 4. The van der Waals surface area contributed by atoms with Crippen LogP contribution in [0.4, 0.5) is 0 Å². The molecule has 0 aromatic heterocycles. The van der Waals surface area contributed by atoms with Crippen LogP contribution in [0, 0.1) is 6.92 Å². The zero-order valence-corrected chi connectivity index (χ0v) is 7.10. The van der Waals surface area contributed by atoms with Crippen molar-refractivity contribution in [2.24, 2.45) is 0 Å². The standard InChI is InChI=1S/C8H14ClO/c1-3-6(9)5-8-7(4-2)10-8/h6-8H,1,3-5H2,2H3. The van der Waals surface area contributed by atoms with Crippen LogP contribution in [-0.2, 0) is 4.74 Å². The van der Waals surface area contributed by atoms with E-state index in [1.165, 1.54) is 0 Å². The van der Waals surface area contributed by atoms with Gasteiger partial charge in [0.05, 0.1) is 12.2 Å². The van der Waals surface area contributed by atoms with E-state index in [1.807, 2.05) is 0 Å². The van der Waals surface area contributed by atoms with Crippen molar-refractivity contribution in [3.05, 3.63) is 6.92 Å². The Morgan fingerprint density at radius 2 is 2.30 bits per heavy atom. The van der Waals surface area contributed by atoms with E-state index in [1.54, 1.807) is 0 Å². The number of ether oxygens (including phenoxy) is 1. The fourth-order valence-corrected chi connectivity index (χ4v) is 1.29. The zero-order chi connectivity index (χ0) is 7.56. The maximum absolute atomic E-state index is 5.88. The molecule has 2 heteroatoms. The van der Waals surface area contributed by atoms with Crippen LogP contribution in [-0.4, -0.2) is 17.6 Å². The summed E-state index contributed by atoms with van der Waals surface area (Å²) in [5.74, 6) is 0.